The Bertz CT molecular complexity index is 1160. The second-order valence-electron chi connectivity index (χ2n) is 6.66. The van der Waals surface area contributed by atoms with Gasteiger partial charge in [0.15, 0.2) is 5.13 Å². The third kappa shape index (κ3) is 3.51. The molecule has 2 heterocycles. The Balaban J connectivity index is 1.82. The topological polar surface area (TPSA) is 46.1 Å². The average molecular weight is 391 g/mol. The summed E-state index contributed by atoms with van der Waals surface area (Å²) in [5.41, 5.74) is 3.93. The van der Waals surface area contributed by atoms with Gasteiger partial charge in [-0.2, -0.15) is 0 Å². The number of thiazole rings is 1. The van der Waals surface area contributed by atoms with Gasteiger partial charge in [0, 0.05) is 12.4 Å². The molecule has 0 fully saturated rings. The number of pyridine rings is 1. The summed E-state index contributed by atoms with van der Waals surface area (Å²) in [7, 11) is 0. The zero-order valence-electron chi connectivity index (χ0n) is 15.5. The molecule has 140 valence electrons. The van der Waals surface area contributed by atoms with Gasteiger partial charge in [-0.3, -0.25) is 14.7 Å². The maximum Gasteiger partial charge on any atom is 0.263 e. The Morgan fingerprint density at radius 3 is 2.71 bits per heavy atom. The van der Waals surface area contributed by atoms with E-state index in [0.717, 1.165) is 26.9 Å². The molecule has 28 heavy (non-hydrogen) atoms. The van der Waals surface area contributed by atoms with Crippen molar-refractivity contribution in [2.75, 3.05) is 4.90 Å². The molecule has 0 bridgehead atoms. The minimum absolute atomic E-state index is 0.0264. The van der Waals surface area contributed by atoms with Gasteiger partial charge in [0.1, 0.15) is 5.82 Å². The lowest BCUT2D eigenvalue weighted by Crippen LogP contribution is -2.31. The van der Waals surface area contributed by atoms with E-state index in [1.54, 1.807) is 24.5 Å². The van der Waals surface area contributed by atoms with E-state index in [1.165, 1.54) is 28.4 Å². The summed E-state index contributed by atoms with van der Waals surface area (Å²) in [6.45, 7) is 4.30. The number of carbonyl (C=O) groups is 1. The highest BCUT2D eigenvalue weighted by Gasteiger charge is 2.24. The standard InChI is InChI=1S/C22H18FN3OS/c1-14-10-15(2)20-19(11-14)28-22(25-20)26(13-16-6-5-9-24-12-16)21(27)17-7-3-4-8-18(17)23/h3-12H,13H2,1-2H3. The molecule has 4 rings (SSSR count). The third-order valence-electron chi connectivity index (χ3n) is 4.46. The number of aryl methyl sites for hydroxylation is 2. The van der Waals surface area contributed by atoms with E-state index in [9.17, 15) is 9.18 Å². The summed E-state index contributed by atoms with van der Waals surface area (Å²) in [6.07, 6.45) is 3.38. The number of carbonyl (C=O) groups excluding carboxylic acids is 1. The smallest absolute Gasteiger partial charge is 0.263 e. The molecule has 4 nitrogen and oxygen atoms in total. The van der Waals surface area contributed by atoms with Gasteiger partial charge in [-0.05, 0) is 54.8 Å². The maximum absolute atomic E-state index is 14.3. The van der Waals surface area contributed by atoms with Crippen LogP contribution < -0.4 is 4.90 Å². The SMILES string of the molecule is Cc1cc(C)c2nc(N(Cc3cccnc3)C(=O)c3ccccc3F)sc2c1. The number of amides is 1. The number of hydrogen-bond donors (Lipinski definition) is 0. The predicted octanol–water partition coefficient (Wildman–Crippen LogP) is 5.29. The molecular weight excluding hydrogens is 373 g/mol. The van der Waals surface area contributed by atoms with Crippen molar-refractivity contribution in [2.45, 2.75) is 20.4 Å². The van der Waals surface area contributed by atoms with Crippen molar-refractivity contribution in [3.63, 3.8) is 0 Å². The lowest BCUT2D eigenvalue weighted by Gasteiger charge is -2.20. The van der Waals surface area contributed by atoms with Gasteiger partial charge in [-0.25, -0.2) is 9.37 Å². The molecule has 1 amide bonds. The number of rotatable bonds is 4. The summed E-state index contributed by atoms with van der Waals surface area (Å²) in [5.74, 6) is -0.966. The van der Waals surface area contributed by atoms with E-state index >= 15 is 0 Å². The van der Waals surface area contributed by atoms with E-state index in [4.69, 9.17) is 4.98 Å². The third-order valence-corrected chi connectivity index (χ3v) is 5.49. The van der Waals surface area contributed by atoms with E-state index in [2.05, 4.69) is 17.1 Å². The van der Waals surface area contributed by atoms with Crippen LogP contribution >= 0.6 is 11.3 Å². The van der Waals surface area contributed by atoms with Crippen molar-refractivity contribution >= 4 is 32.6 Å². The maximum atomic E-state index is 14.3. The highest BCUT2D eigenvalue weighted by atomic mass is 32.1. The van der Waals surface area contributed by atoms with Crippen LogP contribution in [0.1, 0.15) is 27.0 Å². The van der Waals surface area contributed by atoms with E-state index < -0.39 is 11.7 Å². The number of nitrogens with zero attached hydrogens (tertiary/aromatic N) is 3. The minimum Gasteiger partial charge on any atom is -0.279 e. The molecule has 2 aromatic heterocycles. The van der Waals surface area contributed by atoms with Crippen LogP contribution in [0.15, 0.2) is 60.9 Å². The van der Waals surface area contributed by atoms with E-state index in [-0.39, 0.29) is 12.1 Å². The van der Waals surface area contributed by atoms with Gasteiger partial charge >= 0.3 is 0 Å². The van der Waals surface area contributed by atoms with Crippen molar-refractivity contribution in [2.24, 2.45) is 0 Å². The summed E-state index contributed by atoms with van der Waals surface area (Å²) in [5, 5.41) is 0.542. The summed E-state index contributed by atoms with van der Waals surface area (Å²) in [4.78, 5) is 23.6. The van der Waals surface area contributed by atoms with Gasteiger partial charge in [0.25, 0.3) is 5.91 Å². The number of benzene rings is 2. The Hall–Kier alpha value is -3.12. The largest absolute Gasteiger partial charge is 0.279 e. The van der Waals surface area contributed by atoms with Gasteiger partial charge in [-0.1, -0.05) is 35.6 Å². The monoisotopic (exact) mass is 391 g/mol. The first-order valence-electron chi connectivity index (χ1n) is 8.86. The zero-order chi connectivity index (χ0) is 19.7. The zero-order valence-corrected chi connectivity index (χ0v) is 16.3. The molecule has 4 aromatic rings. The number of aromatic nitrogens is 2. The summed E-state index contributed by atoms with van der Waals surface area (Å²) < 4.78 is 15.3. The normalized spacial score (nSPS) is 11.0. The van der Waals surface area contributed by atoms with Crippen LogP contribution in [0.25, 0.3) is 10.2 Å². The molecule has 0 aliphatic heterocycles. The minimum atomic E-state index is -0.545. The number of fused-ring (bicyclic) bond motifs is 1. The van der Waals surface area contributed by atoms with Crippen molar-refractivity contribution in [3.8, 4) is 0 Å². The average Bonchev–Trinajstić information content (AvgIpc) is 3.11. The van der Waals surface area contributed by atoms with Crippen LogP contribution in [0.4, 0.5) is 9.52 Å². The van der Waals surface area contributed by atoms with Crippen LogP contribution in [0.3, 0.4) is 0 Å². The fraction of sp³-hybridized carbons (Fsp3) is 0.136. The second kappa shape index (κ2) is 7.48. The first-order valence-corrected chi connectivity index (χ1v) is 9.67. The molecule has 0 saturated carbocycles. The molecule has 0 saturated heterocycles. The molecule has 0 aliphatic carbocycles. The molecule has 6 heteroatoms. The molecule has 0 atom stereocenters. The molecule has 0 unspecified atom stereocenters. The van der Waals surface area contributed by atoms with Gasteiger partial charge in [0.2, 0.25) is 0 Å². The Kier molecular flexibility index (Phi) is 4.88. The quantitative estimate of drug-likeness (QED) is 0.475. The van der Waals surface area contributed by atoms with Crippen molar-refractivity contribution < 1.29 is 9.18 Å². The van der Waals surface area contributed by atoms with E-state index in [0.29, 0.717) is 5.13 Å². The predicted molar refractivity (Wildman–Crippen MR) is 110 cm³/mol. The first kappa shape index (κ1) is 18.3. The van der Waals surface area contributed by atoms with Crippen LogP contribution in [0.5, 0.6) is 0 Å². The lowest BCUT2D eigenvalue weighted by atomic mass is 10.1. The van der Waals surface area contributed by atoms with Gasteiger partial charge < -0.3 is 0 Å². The molecule has 0 N–H and O–H groups in total. The van der Waals surface area contributed by atoms with Gasteiger partial charge in [0.05, 0.1) is 22.3 Å². The summed E-state index contributed by atoms with van der Waals surface area (Å²) in [6, 6.07) is 13.8. The molecular formula is C22H18FN3OS. The number of anilines is 1. The lowest BCUT2D eigenvalue weighted by molar-refractivity contribution is 0.0981. The molecule has 2 aromatic carbocycles. The Morgan fingerprint density at radius 2 is 1.96 bits per heavy atom. The van der Waals surface area contributed by atoms with Crippen LogP contribution in [-0.4, -0.2) is 15.9 Å². The second-order valence-corrected chi connectivity index (χ2v) is 7.67. The molecule has 0 aliphatic rings. The molecule has 0 spiro atoms. The fourth-order valence-electron chi connectivity index (χ4n) is 3.15. The van der Waals surface area contributed by atoms with Crippen LogP contribution in [-0.2, 0) is 6.54 Å². The van der Waals surface area contributed by atoms with Crippen LogP contribution in [0, 0.1) is 19.7 Å². The highest BCUT2D eigenvalue weighted by molar-refractivity contribution is 7.22. The van der Waals surface area contributed by atoms with Crippen molar-refractivity contribution in [1.29, 1.82) is 0 Å². The Morgan fingerprint density at radius 1 is 1.14 bits per heavy atom. The van der Waals surface area contributed by atoms with Crippen LogP contribution in [0.2, 0.25) is 0 Å². The Labute approximate surface area is 166 Å². The number of halogens is 1. The number of hydrogen-bond acceptors (Lipinski definition) is 4. The first-order chi connectivity index (χ1) is 13.5. The van der Waals surface area contributed by atoms with E-state index in [1.807, 2.05) is 26.0 Å². The van der Waals surface area contributed by atoms with Crippen molar-refractivity contribution in [3.05, 3.63) is 89.0 Å². The highest BCUT2D eigenvalue weighted by Crippen LogP contribution is 2.33. The fourth-order valence-corrected chi connectivity index (χ4v) is 4.29. The van der Waals surface area contributed by atoms with Crippen molar-refractivity contribution in [1.82, 2.24) is 9.97 Å². The van der Waals surface area contributed by atoms with Gasteiger partial charge in [-0.15, -0.1) is 0 Å². The molecule has 0 radical (unpaired) electrons. The summed E-state index contributed by atoms with van der Waals surface area (Å²) >= 11 is 1.43.